The third-order valence-electron chi connectivity index (χ3n) is 1.79. The summed E-state index contributed by atoms with van der Waals surface area (Å²) in [5, 5.41) is 0. The van der Waals surface area contributed by atoms with Crippen molar-refractivity contribution in [3.05, 3.63) is 29.8 Å². The normalized spacial score (nSPS) is 11.9. The van der Waals surface area contributed by atoms with Crippen LogP contribution in [0.3, 0.4) is 0 Å². The first kappa shape index (κ1) is 11.5. The Balaban J connectivity index is 2.81. The molecule has 4 nitrogen and oxygen atoms in total. The van der Waals surface area contributed by atoms with Gasteiger partial charge in [0, 0.05) is 6.04 Å². The number of carbonyl (C=O) groups excluding carboxylic acids is 1. The van der Waals surface area contributed by atoms with Crippen LogP contribution < -0.4 is 10.5 Å². The number of carbonyl (C=O) groups is 1. The molecule has 1 atom stereocenters. The van der Waals surface area contributed by atoms with Crippen molar-refractivity contribution < 1.29 is 14.3 Å². The van der Waals surface area contributed by atoms with Gasteiger partial charge in [0.05, 0.1) is 7.11 Å². The second-order valence-electron chi connectivity index (χ2n) is 3.28. The molecule has 0 amide bonds. The van der Waals surface area contributed by atoms with E-state index in [0.717, 1.165) is 0 Å². The van der Waals surface area contributed by atoms with E-state index in [4.69, 9.17) is 10.5 Å². The maximum absolute atomic E-state index is 11.3. The lowest BCUT2D eigenvalue weighted by atomic mass is 10.2. The van der Waals surface area contributed by atoms with E-state index in [-0.39, 0.29) is 6.04 Å². The quantitative estimate of drug-likeness (QED) is 0.757. The third-order valence-corrected chi connectivity index (χ3v) is 1.79. The standard InChI is InChI=1S/C11H15NO3/c1-8(12)7-15-10-6-4-3-5-9(10)11(13)14-2/h3-6,8H,7,12H2,1-2H3. The van der Waals surface area contributed by atoms with Crippen molar-refractivity contribution in [2.75, 3.05) is 13.7 Å². The molecule has 0 aliphatic rings. The Hall–Kier alpha value is -1.55. The number of ether oxygens (including phenoxy) is 2. The minimum Gasteiger partial charge on any atom is -0.491 e. The van der Waals surface area contributed by atoms with Crippen molar-refractivity contribution >= 4 is 5.97 Å². The fraction of sp³-hybridized carbons (Fsp3) is 0.364. The first-order valence-electron chi connectivity index (χ1n) is 4.71. The number of rotatable bonds is 4. The van der Waals surface area contributed by atoms with Crippen molar-refractivity contribution in [1.29, 1.82) is 0 Å². The van der Waals surface area contributed by atoms with Crippen LogP contribution >= 0.6 is 0 Å². The maximum Gasteiger partial charge on any atom is 0.341 e. The molecule has 1 rings (SSSR count). The van der Waals surface area contributed by atoms with Gasteiger partial charge in [0.1, 0.15) is 17.9 Å². The summed E-state index contributed by atoms with van der Waals surface area (Å²) in [6, 6.07) is 6.85. The van der Waals surface area contributed by atoms with Crippen LogP contribution in [-0.2, 0) is 4.74 Å². The van der Waals surface area contributed by atoms with E-state index in [0.29, 0.717) is 17.9 Å². The van der Waals surface area contributed by atoms with E-state index in [1.807, 2.05) is 6.92 Å². The van der Waals surface area contributed by atoms with E-state index >= 15 is 0 Å². The first-order valence-corrected chi connectivity index (χ1v) is 4.71. The minimum absolute atomic E-state index is 0.0734. The van der Waals surface area contributed by atoms with Crippen molar-refractivity contribution in [3.63, 3.8) is 0 Å². The van der Waals surface area contributed by atoms with Crippen LogP contribution in [0.25, 0.3) is 0 Å². The Morgan fingerprint density at radius 3 is 2.73 bits per heavy atom. The summed E-state index contributed by atoms with van der Waals surface area (Å²) in [7, 11) is 1.34. The molecule has 0 aromatic heterocycles. The summed E-state index contributed by atoms with van der Waals surface area (Å²) in [6.45, 7) is 2.20. The van der Waals surface area contributed by atoms with Gasteiger partial charge in [-0.25, -0.2) is 4.79 Å². The van der Waals surface area contributed by atoms with E-state index in [9.17, 15) is 4.79 Å². The van der Waals surface area contributed by atoms with Crippen LogP contribution in [0, 0.1) is 0 Å². The molecule has 15 heavy (non-hydrogen) atoms. The minimum atomic E-state index is -0.407. The smallest absolute Gasteiger partial charge is 0.341 e. The highest BCUT2D eigenvalue weighted by Gasteiger charge is 2.12. The summed E-state index contributed by atoms with van der Waals surface area (Å²) >= 11 is 0. The Morgan fingerprint density at radius 2 is 2.13 bits per heavy atom. The predicted molar refractivity (Wildman–Crippen MR) is 56.9 cm³/mol. The van der Waals surface area contributed by atoms with Gasteiger partial charge in [-0.1, -0.05) is 12.1 Å². The fourth-order valence-electron chi connectivity index (χ4n) is 1.09. The van der Waals surface area contributed by atoms with Crippen molar-refractivity contribution in [3.8, 4) is 5.75 Å². The molecular weight excluding hydrogens is 194 g/mol. The van der Waals surface area contributed by atoms with Gasteiger partial charge in [-0.05, 0) is 19.1 Å². The number of hydrogen-bond donors (Lipinski definition) is 1. The van der Waals surface area contributed by atoms with Crippen molar-refractivity contribution in [2.24, 2.45) is 5.73 Å². The molecule has 0 heterocycles. The van der Waals surface area contributed by atoms with Crippen molar-refractivity contribution in [1.82, 2.24) is 0 Å². The lowest BCUT2D eigenvalue weighted by Gasteiger charge is -2.11. The lowest BCUT2D eigenvalue weighted by Crippen LogP contribution is -2.24. The van der Waals surface area contributed by atoms with E-state index in [1.165, 1.54) is 7.11 Å². The van der Waals surface area contributed by atoms with Gasteiger partial charge in [-0.2, -0.15) is 0 Å². The molecule has 0 bridgehead atoms. The molecule has 0 saturated heterocycles. The average molecular weight is 209 g/mol. The van der Waals surface area contributed by atoms with Gasteiger partial charge in [-0.3, -0.25) is 0 Å². The van der Waals surface area contributed by atoms with Crippen LogP contribution in [0.4, 0.5) is 0 Å². The van der Waals surface area contributed by atoms with E-state index in [2.05, 4.69) is 4.74 Å². The summed E-state index contributed by atoms with van der Waals surface area (Å²) in [5.41, 5.74) is 5.98. The Bertz CT molecular complexity index is 336. The first-order chi connectivity index (χ1) is 7.15. The molecule has 1 aromatic carbocycles. The highest BCUT2D eigenvalue weighted by atomic mass is 16.5. The second-order valence-corrected chi connectivity index (χ2v) is 3.28. The van der Waals surface area contributed by atoms with E-state index < -0.39 is 5.97 Å². The molecule has 0 saturated carbocycles. The second kappa shape index (κ2) is 5.36. The maximum atomic E-state index is 11.3. The Kier molecular flexibility index (Phi) is 4.12. The highest BCUT2D eigenvalue weighted by molar-refractivity contribution is 5.92. The molecule has 0 fully saturated rings. The topological polar surface area (TPSA) is 61.5 Å². The number of esters is 1. The van der Waals surface area contributed by atoms with Gasteiger partial charge in [-0.15, -0.1) is 0 Å². The zero-order valence-corrected chi connectivity index (χ0v) is 8.90. The molecule has 1 aromatic rings. The molecule has 4 heteroatoms. The van der Waals surface area contributed by atoms with Gasteiger partial charge >= 0.3 is 5.97 Å². The molecule has 0 radical (unpaired) electrons. The van der Waals surface area contributed by atoms with Gasteiger partial charge in [0.15, 0.2) is 0 Å². The van der Waals surface area contributed by atoms with Crippen LogP contribution in [0.5, 0.6) is 5.75 Å². The third kappa shape index (κ3) is 3.25. The number of para-hydroxylation sites is 1. The molecular formula is C11H15NO3. The van der Waals surface area contributed by atoms with Crippen LogP contribution in [0.15, 0.2) is 24.3 Å². The van der Waals surface area contributed by atoms with E-state index in [1.54, 1.807) is 24.3 Å². The van der Waals surface area contributed by atoms with Crippen LogP contribution in [0.1, 0.15) is 17.3 Å². The summed E-state index contributed by atoms with van der Waals surface area (Å²) in [4.78, 5) is 11.3. The zero-order valence-electron chi connectivity index (χ0n) is 8.90. The number of methoxy groups -OCH3 is 1. The summed E-state index contributed by atoms with van der Waals surface area (Å²) in [5.74, 6) is 0.0944. The highest BCUT2D eigenvalue weighted by Crippen LogP contribution is 2.18. The van der Waals surface area contributed by atoms with Crippen LogP contribution in [-0.4, -0.2) is 25.7 Å². The molecule has 82 valence electrons. The zero-order chi connectivity index (χ0) is 11.3. The van der Waals surface area contributed by atoms with Gasteiger partial charge in [0.25, 0.3) is 0 Å². The molecule has 0 aliphatic carbocycles. The SMILES string of the molecule is COC(=O)c1ccccc1OCC(C)N. The number of nitrogens with two attached hydrogens (primary N) is 1. The average Bonchev–Trinajstić information content (AvgIpc) is 2.25. The molecule has 0 aliphatic heterocycles. The fourth-order valence-corrected chi connectivity index (χ4v) is 1.09. The Labute approximate surface area is 89.0 Å². The predicted octanol–water partition coefficient (Wildman–Crippen LogP) is 1.20. The Morgan fingerprint density at radius 1 is 1.47 bits per heavy atom. The molecule has 2 N–H and O–H groups in total. The monoisotopic (exact) mass is 209 g/mol. The largest absolute Gasteiger partial charge is 0.491 e. The summed E-state index contributed by atoms with van der Waals surface area (Å²) < 4.78 is 10.0. The van der Waals surface area contributed by atoms with Crippen molar-refractivity contribution in [2.45, 2.75) is 13.0 Å². The van der Waals surface area contributed by atoms with Gasteiger partial charge < -0.3 is 15.2 Å². The summed E-state index contributed by atoms with van der Waals surface area (Å²) in [6.07, 6.45) is 0. The number of hydrogen-bond acceptors (Lipinski definition) is 4. The van der Waals surface area contributed by atoms with Crippen LogP contribution in [0.2, 0.25) is 0 Å². The lowest BCUT2D eigenvalue weighted by molar-refractivity contribution is 0.0595. The molecule has 0 spiro atoms. The molecule has 1 unspecified atom stereocenters. The number of benzene rings is 1. The van der Waals surface area contributed by atoms with Gasteiger partial charge in [0.2, 0.25) is 0 Å².